The number of rotatable bonds is 6. The van der Waals surface area contributed by atoms with Gasteiger partial charge in [0, 0.05) is 10.0 Å². The molecule has 0 radical (unpaired) electrons. The van der Waals surface area contributed by atoms with Crippen LogP contribution in [0.15, 0.2) is 54.9 Å². The molecule has 0 aromatic heterocycles. The highest BCUT2D eigenvalue weighted by Gasteiger charge is 2.10. The fourth-order valence-electron chi connectivity index (χ4n) is 1.77. The number of nitrogens with zero attached hydrogens (tertiary/aromatic N) is 1. The van der Waals surface area contributed by atoms with Crippen LogP contribution in [0.4, 0.5) is 0 Å². The number of ether oxygens (including phenoxy) is 1. The number of hydrazone groups is 1. The predicted octanol–water partition coefficient (Wildman–Crippen LogP) is 3.60. The number of nitrogens with two attached hydrogens (primary N) is 1. The van der Waals surface area contributed by atoms with Crippen LogP contribution in [0, 0.1) is 0 Å². The van der Waals surface area contributed by atoms with E-state index in [-0.39, 0.29) is 12.5 Å². The first kappa shape index (κ1) is 19.6. The van der Waals surface area contributed by atoms with Crippen molar-refractivity contribution in [1.82, 2.24) is 5.43 Å². The van der Waals surface area contributed by atoms with E-state index in [1.165, 1.54) is 6.21 Å². The van der Waals surface area contributed by atoms with Gasteiger partial charge in [0.2, 0.25) is 0 Å². The number of carbonyl (C=O) groups excluding carboxylic acids is 2. The van der Waals surface area contributed by atoms with Gasteiger partial charge in [0.15, 0.2) is 6.61 Å². The highest BCUT2D eigenvalue weighted by atomic mass is 79.9. The second kappa shape index (κ2) is 9.12. The third kappa shape index (κ3) is 5.94. The largest absolute Gasteiger partial charge is 0.481 e. The first-order chi connectivity index (χ1) is 11.9. The molecule has 6 nitrogen and oxygen atoms in total. The number of hydrogen-bond acceptors (Lipinski definition) is 4. The first-order valence-electron chi connectivity index (χ1n) is 6.86. The zero-order chi connectivity index (χ0) is 18.4. The lowest BCUT2D eigenvalue weighted by molar-refractivity contribution is -0.119. The number of halogens is 3. The van der Waals surface area contributed by atoms with Crippen LogP contribution in [-0.4, -0.2) is 24.6 Å². The summed E-state index contributed by atoms with van der Waals surface area (Å²) in [6.07, 6.45) is 1.49. The van der Waals surface area contributed by atoms with Crippen molar-refractivity contribution in [3.8, 4) is 5.75 Å². The Kier molecular flexibility index (Phi) is 7.15. The zero-order valence-electron chi connectivity index (χ0n) is 12.6. The van der Waals surface area contributed by atoms with Crippen molar-refractivity contribution in [3.05, 3.63) is 60.9 Å². The van der Waals surface area contributed by atoms with Gasteiger partial charge in [-0.05, 0) is 73.8 Å². The lowest BCUT2D eigenvalue weighted by Gasteiger charge is -2.09. The van der Waals surface area contributed by atoms with Gasteiger partial charge in [0.1, 0.15) is 5.75 Å². The summed E-state index contributed by atoms with van der Waals surface area (Å²) in [4.78, 5) is 22.8. The van der Waals surface area contributed by atoms with E-state index in [2.05, 4.69) is 58.3 Å². The maximum absolute atomic E-state index is 12.0. The molecule has 0 spiro atoms. The highest BCUT2D eigenvalue weighted by Crippen LogP contribution is 2.34. The maximum atomic E-state index is 12.0. The molecule has 2 amide bonds. The van der Waals surface area contributed by atoms with E-state index in [1.54, 1.807) is 36.4 Å². The quantitative estimate of drug-likeness (QED) is 0.439. The van der Waals surface area contributed by atoms with E-state index in [9.17, 15) is 9.59 Å². The van der Waals surface area contributed by atoms with Crippen molar-refractivity contribution in [2.24, 2.45) is 10.8 Å². The molecule has 0 unspecified atom stereocenters. The number of nitrogens with one attached hydrogen (secondary N) is 1. The Balaban J connectivity index is 2.04. The molecule has 0 fully saturated rings. The Hall–Kier alpha value is -1.71. The Morgan fingerprint density at radius 3 is 2.28 bits per heavy atom. The van der Waals surface area contributed by atoms with E-state index < -0.39 is 5.91 Å². The lowest BCUT2D eigenvalue weighted by Crippen LogP contribution is -2.20. The number of primary amides is 1. The van der Waals surface area contributed by atoms with Crippen LogP contribution >= 0.6 is 47.8 Å². The molecule has 2 aromatic carbocycles. The second-order valence-electron chi connectivity index (χ2n) is 4.77. The Morgan fingerprint density at radius 2 is 1.72 bits per heavy atom. The van der Waals surface area contributed by atoms with Crippen LogP contribution in [-0.2, 0) is 4.79 Å². The van der Waals surface area contributed by atoms with Crippen LogP contribution in [0.5, 0.6) is 5.75 Å². The molecule has 2 rings (SSSR count). The number of amides is 2. The van der Waals surface area contributed by atoms with Crippen molar-refractivity contribution in [2.45, 2.75) is 0 Å². The van der Waals surface area contributed by atoms with Crippen LogP contribution in [0.1, 0.15) is 15.9 Å². The van der Waals surface area contributed by atoms with Crippen LogP contribution < -0.4 is 15.9 Å². The summed E-state index contributed by atoms with van der Waals surface area (Å²) in [5.41, 5.74) is 8.72. The molecule has 0 bridgehead atoms. The van der Waals surface area contributed by atoms with Gasteiger partial charge in [-0.15, -0.1) is 0 Å². The smallest absolute Gasteiger partial charge is 0.271 e. The van der Waals surface area contributed by atoms with E-state index in [0.717, 1.165) is 4.47 Å². The van der Waals surface area contributed by atoms with Crippen LogP contribution in [0.2, 0.25) is 0 Å². The van der Waals surface area contributed by atoms with Crippen molar-refractivity contribution >= 4 is 65.8 Å². The monoisotopic (exact) mass is 531 g/mol. The fourth-order valence-corrected chi connectivity index (χ4v) is 3.48. The Morgan fingerprint density at radius 1 is 1.12 bits per heavy atom. The minimum Gasteiger partial charge on any atom is -0.481 e. The topological polar surface area (TPSA) is 93.8 Å². The summed E-state index contributed by atoms with van der Waals surface area (Å²) >= 11 is 10.0. The number of benzene rings is 2. The molecule has 0 saturated heterocycles. The third-order valence-electron chi connectivity index (χ3n) is 2.87. The molecule has 0 atom stereocenters. The molecule has 2 aromatic rings. The normalized spacial score (nSPS) is 10.7. The Bertz CT molecular complexity index is 800. The molecule has 0 aliphatic carbocycles. The summed E-state index contributed by atoms with van der Waals surface area (Å²) in [5.74, 6) is -0.432. The highest BCUT2D eigenvalue weighted by molar-refractivity contribution is 9.11. The van der Waals surface area contributed by atoms with Crippen molar-refractivity contribution < 1.29 is 14.3 Å². The first-order valence-corrected chi connectivity index (χ1v) is 9.24. The van der Waals surface area contributed by atoms with Gasteiger partial charge in [-0.1, -0.05) is 15.9 Å². The average Bonchev–Trinajstić information content (AvgIpc) is 2.54. The number of carbonyl (C=O) groups is 2. The van der Waals surface area contributed by atoms with Gasteiger partial charge in [-0.3, -0.25) is 9.59 Å². The van der Waals surface area contributed by atoms with Crippen molar-refractivity contribution in [2.75, 3.05) is 6.61 Å². The van der Waals surface area contributed by atoms with Crippen LogP contribution in [0.25, 0.3) is 0 Å². The molecule has 3 N–H and O–H groups in total. The van der Waals surface area contributed by atoms with Gasteiger partial charge in [0.05, 0.1) is 15.2 Å². The van der Waals surface area contributed by atoms with Crippen LogP contribution in [0.3, 0.4) is 0 Å². The molecular formula is C16H12Br3N3O3. The van der Waals surface area contributed by atoms with E-state index >= 15 is 0 Å². The van der Waals surface area contributed by atoms with Crippen molar-refractivity contribution in [3.63, 3.8) is 0 Å². The minimum atomic E-state index is -0.569. The SMILES string of the molecule is NC(=O)COc1c(Br)cc(/C=N/NC(=O)c2ccc(Br)cc2)cc1Br. The molecule has 0 aliphatic rings. The van der Waals surface area contributed by atoms with E-state index in [1.807, 2.05) is 0 Å². The number of hydrogen-bond donors (Lipinski definition) is 2. The molecule has 130 valence electrons. The van der Waals surface area contributed by atoms with Gasteiger partial charge in [0.25, 0.3) is 11.8 Å². The van der Waals surface area contributed by atoms with Crippen molar-refractivity contribution in [1.29, 1.82) is 0 Å². The molecular weight excluding hydrogens is 522 g/mol. The summed E-state index contributed by atoms with van der Waals surface area (Å²) in [7, 11) is 0. The minimum absolute atomic E-state index is 0.228. The summed E-state index contributed by atoms with van der Waals surface area (Å²) < 4.78 is 7.43. The zero-order valence-corrected chi connectivity index (χ0v) is 17.4. The molecule has 9 heteroatoms. The van der Waals surface area contributed by atoms with Gasteiger partial charge in [-0.2, -0.15) is 5.10 Å². The molecule has 0 saturated carbocycles. The molecule has 0 aliphatic heterocycles. The van der Waals surface area contributed by atoms with Gasteiger partial charge < -0.3 is 10.5 Å². The standard InChI is InChI=1S/C16H12Br3N3O3/c17-11-3-1-10(2-4-11)16(24)22-21-7-9-5-12(18)15(13(19)6-9)25-8-14(20)23/h1-7H,8H2,(H2,20,23)(H,22,24)/b21-7+. The lowest BCUT2D eigenvalue weighted by atomic mass is 10.2. The Labute approximate surface area is 169 Å². The maximum Gasteiger partial charge on any atom is 0.271 e. The van der Waals surface area contributed by atoms with E-state index in [4.69, 9.17) is 10.5 Å². The van der Waals surface area contributed by atoms with E-state index in [0.29, 0.717) is 25.8 Å². The summed E-state index contributed by atoms with van der Waals surface area (Å²) in [6, 6.07) is 10.4. The molecule has 0 heterocycles. The predicted molar refractivity (Wildman–Crippen MR) is 106 cm³/mol. The average molecular weight is 534 g/mol. The van der Waals surface area contributed by atoms with Gasteiger partial charge >= 0.3 is 0 Å². The summed E-state index contributed by atoms with van der Waals surface area (Å²) in [6.45, 7) is -0.228. The fraction of sp³-hybridized carbons (Fsp3) is 0.0625. The summed E-state index contributed by atoms with van der Waals surface area (Å²) in [5, 5.41) is 3.93. The second-order valence-corrected chi connectivity index (χ2v) is 7.40. The molecule has 25 heavy (non-hydrogen) atoms. The van der Waals surface area contributed by atoms with Gasteiger partial charge in [-0.25, -0.2) is 5.43 Å². The third-order valence-corrected chi connectivity index (χ3v) is 4.57.